The zero-order chi connectivity index (χ0) is 13.9. The lowest BCUT2D eigenvalue weighted by Gasteiger charge is -2.28. The number of nitrogens with two attached hydrogens (primary N) is 1. The zero-order valence-corrected chi connectivity index (χ0v) is 12.8. The van der Waals surface area contributed by atoms with Crippen LogP contribution in [0.5, 0.6) is 0 Å². The van der Waals surface area contributed by atoms with E-state index < -0.39 is 0 Å². The Hall–Kier alpha value is -1.09. The minimum Gasteiger partial charge on any atom is -0.389 e. The lowest BCUT2D eigenvalue weighted by Crippen LogP contribution is -2.25. The fourth-order valence-electron chi connectivity index (χ4n) is 1.59. The molecule has 0 bridgehead atoms. The number of benzene rings is 1. The van der Waals surface area contributed by atoms with Crippen LogP contribution in [0.4, 0.5) is 5.69 Å². The van der Waals surface area contributed by atoms with E-state index in [4.69, 9.17) is 18.0 Å². The second-order valence-corrected chi connectivity index (χ2v) is 6.50. The molecule has 0 radical (unpaired) electrons. The van der Waals surface area contributed by atoms with E-state index in [1.165, 1.54) is 5.56 Å². The van der Waals surface area contributed by atoms with Crippen LogP contribution >= 0.6 is 12.2 Å². The Morgan fingerprint density at radius 3 is 2.50 bits per heavy atom. The van der Waals surface area contributed by atoms with Gasteiger partial charge in [-0.2, -0.15) is 0 Å². The molecule has 1 unspecified atom stereocenters. The molecule has 1 rings (SSSR count). The Labute approximate surface area is 116 Å². The first-order valence-electron chi connectivity index (χ1n) is 6.36. The smallest absolute Gasteiger partial charge is 0.106 e. The third kappa shape index (κ3) is 3.98. The van der Waals surface area contributed by atoms with Gasteiger partial charge in [0.25, 0.3) is 0 Å². The van der Waals surface area contributed by atoms with Gasteiger partial charge >= 0.3 is 0 Å². The molecule has 0 saturated heterocycles. The summed E-state index contributed by atoms with van der Waals surface area (Å²) in [4.78, 5) is 0.445. The van der Waals surface area contributed by atoms with Crippen LogP contribution in [0, 0.1) is 18.3 Å². The lowest BCUT2D eigenvalue weighted by molar-refractivity contribution is 0.274. The van der Waals surface area contributed by atoms with Crippen LogP contribution < -0.4 is 11.1 Å². The molecule has 0 amide bonds. The molecular formula is C15H24N2S. The Morgan fingerprint density at radius 1 is 1.39 bits per heavy atom. The van der Waals surface area contributed by atoms with Crippen LogP contribution in [0.1, 0.15) is 38.8 Å². The first kappa shape index (κ1) is 15.0. The number of aryl methyl sites for hydroxylation is 1. The van der Waals surface area contributed by atoms with Crippen LogP contribution in [0.25, 0.3) is 0 Å². The van der Waals surface area contributed by atoms with Crippen molar-refractivity contribution in [2.75, 3.05) is 11.9 Å². The van der Waals surface area contributed by atoms with Gasteiger partial charge in [-0.15, -0.1) is 0 Å². The van der Waals surface area contributed by atoms with E-state index >= 15 is 0 Å². The van der Waals surface area contributed by atoms with Crippen molar-refractivity contribution in [1.82, 2.24) is 0 Å². The van der Waals surface area contributed by atoms with E-state index in [2.05, 4.69) is 46.0 Å². The third-order valence-corrected chi connectivity index (χ3v) is 3.74. The molecule has 0 spiro atoms. The van der Waals surface area contributed by atoms with Crippen molar-refractivity contribution in [1.29, 1.82) is 0 Å². The summed E-state index contributed by atoms with van der Waals surface area (Å²) in [6.07, 6.45) is 0. The van der Waals surface area contributed by atoms with Crippen molar-refractivity contribution < 1.29 is 0 Å². The highest BCUT2D eigenvalue weighted by atomic mass is 32.1. The molecule has 0 aliphatic rings. The second kappa shape index (κ2) is 5.70. The van der Waals surface area contributed by atoms with Gasteiger partial charge in [0.2, 0.25) is 0 Å². The Kier molecular flexibility index (Phi) is 4.74. The van der Waals surface area contributed by atoms with Crippen LogP contribution in [-0.4, -0.2) is 11.5 Å². The summed E-state index contributed by atoms with van der Waals surface area (Å²) >= 11 is 5.08. The standard InChI is InChI=1S/C15H24N2S/c1-10-6-7-12(14(16)18)13(8-10)17-9-11(2)15(3,4)5/h6-8,11,17H,9H2,1-5H3,(H2,16,18). The van der Waals surface area contributed by atoms with Crippen molar-refractivity contribution in [3.8, 4) is 0 Å². The van der Waals surface area contributed by atoms with Gasteiger partial charge in [0.1, 0.15) is 4.99 Å². The Bertz CT molecular complexity index is 433. The van der Waals surface area contributed by atoms with Crippen molar-refractivity contribution in [3.05, 3.63) is 29.3 Å². The molecule has 0 aromatic heterocycles. The summed E-state index contributed by atoms with van der Waals surface area (Å²) in [7, 11) is 0. The van der Waals surface area contributed by atoms with Gasteiger partial charge in [-0.05, 0) is 36.0 Å². The fourth-order valence-corrected chi connectivity index (χ4v) is 1.77. The molecule has 0 aliphatic heterocycles. The van der Waals surface area contributed by atoms with Gasteiger partial charge in [-0.25, -0.2) is 0 Å². The summed E-state index contributed by atoms with van der Waals surface area (Å²) in [5.74, 6) is 0.567. The van der Waals surface area contributed by atoms with Gasteiger partial charge in [0.15, 0.2) is 0 Å². The molecular weight excluding hydrogens is 240 g/mol. The summed E-state index contributed by atoms with van der Waals surface area (Å²) in [6, 6.07) is 6.12. The van der Waals surface area contributed by atoms with Crippen molar-refractivity contribution in [2.24, 2.45) is 17.1 Å². The summed E-state index contributed by atoms with van der Waals surface area (Å²) in [5.41, 5.74) is 9.22. The summed E-state index contributed by atoms with van der Waals surface area (Å²) in [6.45, 7) is 12.0. The van der Waals surface area contributed by atoms with Gasteiger partial charge < -0.3 is 11.1 Å². The van der Waals surface area contributed by atoms with E-state index in [9.17, 15) is 0 Å². The monoisotopic (exact) mass is 264 g/mol. The molecule has 100 valence electrons. The number of nitrogens with one attached hydrogen (secondary N) is 1. The molecule has 0 heterocycles. The zero-order valence-electron chi connectivity index (χ0n) is 12.0. The average molecular weight is 264 g/mol. The number of thiocarbonyl (C=S) groups is 1. The van der Waals surface area contributed by atoms with E-state index in [1.807, 2.05) is 12.1 Å². The molecule has 0 saturated carbocycles. The average Bonchev–Trinajstić information content (AvgIpc) is 2.24. The van der Waals surface area contributed by atoms with Crippen LogP contribution in [0.2, 0.25) is 0 Å². The third-order valence-electron chi connectivity index (χ3n) is 3.52. The molecule has 1 atom stereocenters. The summed E-state index contributed by atoms with van der Waals surface area (Å²) in [5, 5.41) is 3.47. The predicted octanol–water partition coefficient (Wildman–Crippen LogP) is 3.72. The fraction of sp³-hybridized carbons (Fsp3) is 0.533. The van der Waals surface area contributed by atoms with Gasteiger partial charge in [0.05, 0.1) is 0 Å². The minimum absolute atomic E-state index is 0.292. The van der Waals surface area contributed by atoms with Crippen molar-refractivity contribution in [2.45, 2.75) is 34.6 Å². The molecule has 0 fully saturated rings. The molecule has 2 nitrogen and oxygen atoms in total. The highest BCUT2D eigenvalue weighted by molar-refractivity contribution is 7.80. The number of hydrogen-bond donors (Lipinski definition) is 2. The maximum absolute atomic E-state index is 5.75. The van der Waals surface area contributed by atoms with E-state index in [1.54, 1.807) is 0 Å². The molecule has 0 aliphatic carbocycles. The predicted molar refractivity (Wildman–Crippen MR) is 84.2 cm³/mol. The number of anilines is 1. The van der Waals surface area contributed by atoms with Crippen LogP contribution in [-0.2, 0) is 0 Å². The number of rotatable bonds is 4. The molecule has 3 N–H and O–H groups in total. The van der Waals surface area contributed by atoms with Crippen LogP contribution in [0.15, 0.2) is 18.2 Å². The van der Waals surface area contributed by atoms with Gasteiger partial charge in [0, 0.05) is 17.8 Å². The highest BCUT2D eigenvalue weighted by Crippen LogP contribution is 2.26. The van der Waals surface area contributed by atoms with Crippen molar-refractivity contribution >= 4 is 22.9 Å². The van der Waals surface area contributed by atoms with E-state index in [-0.39, 0.29) is 0 Å². The minimum atomic E-state index is 0.292. The lowest BCUT2D eigenvalue weighted by atomic mass is 9.82. The number of hydrogen-bond acceptors (Lipinski definition) is 2. The maximum atomic E-state index is 5.75. The normalized spacial score (nSPS) is 13.2. The first-order chi connectivity index (χ1) is 8.21. The molecule has 1 aromatic carbocycles. The van der Waals surface area contributed by atoms with E-state index in [0.717, 1.165) is 17.8 Å². The van der Waals surface area contributed by atoms with Crippen LogP contribution in [0.3, 0.4) is 0 Å². The topological polar surface area (TPSA) is 38.0 Å². The molecule has 3 heteroatoms. The van der Waals surface area contributed by atoms with Crippen molar-refractivity contribution in [3.63, 3.8) is 0 Å². The highest BCUT2D eigenvalue weighted by Gasteiger charge is 2.19. The van der Waals surface area contributed by atoms with Gasteiger partial charge in [-0.1, -0.05) is 46.0 Å². The Morgan fingerprint density at radius 2 is 2.00 bits per heavy atom. The second-order valence-electron chi connectivity index (χ2n) is 6.06. The first-order valence-corrected chi connectivity index (χ1v) is 6.77. The molecule has 18 heavy (non-hydrogen) atoms. The molecule has 1 aromatic rings. The maximum Gasteiger partial charge on any atom is 0.106 e. The summed E-state index contributed by atoms with van der Waals surface area (Å²) < 4.78 is 0. The van der Waals surface area contributed by atoms with E-state index in [0.29, 0.717) is 16.3 Å². The largest absolute Gasteiger partial charge is 0.389 e. The quantitative estimate of drug-likeness (QED) is 0.814. The SMILES string of the molecule is Cc1ccc(C(N)=S)c(NCC(C)C(C)(C)C)c1. The Balaban J connectivity index is 2.84. The van der Waals surface area contributed by atoms with Gasteiger partial charge in [-0.3, -0.25) is 0 Å².